The molecule has 4 rings (SSSR count). The van der Waals surface area contributed by atoms with Gasteiger partial charge in [0, 0.05) is 26.2 Å². The summed E-state index contributed by atoms with van der Waals surface area (Å²) < 4.78 is 7.05. The average Bonchev–Trinajstić information content (AvgIpc) is 3.29. The molecule has 1 unspecified atom stereocenters. The highest BCUT2D eigenvalue weighted by Crippen LogP contribution is 2.25. The first kappa shape index (κ1) is 20.7. The van der Waals surface area contributed by atoms with E-state index >= 15 is 0 Å². The summed E-state index contributed by atoms with van der Waals surface area (Å²) in [6, 6.07) is 10.9. The van der Waals surface area contributed by atoms with Crippen molar-refractivity contribution in [3.05, 3.63) is 58.8 Å². The zero-order valence-electron chi connectivity index (χ0n) is 17.3. The topological polar surface area (TPSA) is 71.6 Å². The zero-order valence-corrected chi connectivity index (χ0v) is 18.1. The van der Waals surface area contributed by atoms with Crippen LogP contribution in [0.5, 0.6) is 0 Å². The van der Waals surface area contributed by atoms with E-state index in [4.69, 9.17) is 9.40 Å². The third-order valence-corrected chi connectivity index (χ3v) is 6.56. The Morgan fingerprint density at radius 3 is 2.63 bits per heavy atom. The van der Waals surface area contributed by atoms with Crippen LogP contribution >= 0.6 is 11.8 Å². The number of fused-ring (bicyclic) bond motifs is 1. The van der Waals surface area contributed by atoms with Crippen molar-refractivity contribution < 1.29 is 9.21 Å². The molecule has 0 N–H and O–H groups in total. The van der Waals surface area contributed by atoms with Crippen molar-refractivity contribution in [2.75, 3.05) is 32.7 Å². The number of rotatable bonds is 6. The lowest BCUT2D eigenvalue weighted by Crippen LogP contribution is -2.50. The summed E-state index contributed by atoms with van der Waals surface area (Å²) >= 11 is 1.33. The van der Waals surface area contributed by atoms with E-state index in [2.05, 4.69) is 11.8 Å². The molecule has 1 aliphatic heterocycles. The van der Waals surface area contributed by atoms with Crippen LogP contribution in [-0.2, 0) is 11.3 Å². The Balaban J connectivity index is 1.60. The molecular weight excluding hydrogens is 400 g/mol. The van der Waals surface area contributed by atoms with Crippen LogP contribution in [0.1, 0.15) is 19.6 Å². The van der Waals surface area contributed by atoms with E-state index in [1.165, 1.54) is 11.8 Å². The Bertz CT molecular complexity index is 1070. The van der Waals surface area contributed by atoms with E-state index in [1.807, 2.05) is 36.1 Å². The highest BCUT2D eigenvalue weighted by atomic mass is 32.2. The molecule has 0 aliphatic carbocycles. The number of likely N-dealkylation sites (N-methyl/N-ethyl adjacent to an activating group) is 1. The molecule has 1 fully saturated rings. The van der Waals surface area contributed by atoms with E-state index < -0.39 is 0 Å². The highest BCUT2D eigenvalue weighted by molar-refractivity contribution is 8.00. The maximum absolute atomic E-state index is 13.2. The molecular formula is C22H26N4O3S. The van der Waals surface area contributed by atoms with Crippen LogP contribution in [0.3, 0.4) is 0 Å². The number of carbonyl (C=O) groups excluding carboxylic acids is 1. The van der Waals surface area contributed by atoms with Crippen LogP contribution in [0.4, 0.5) is 0 Å². The molecule has 1 amide bonds. The Labute approximate surface area is 179 Å². The summed E-state index contributed by atoms with van der Waals surface area (Å²) in [4.78, 5) is 35.2. The number of nitrogens with zero attached hydrogens (tertiary/aromatic N) is 4. The minimum Gasteiger partial charge on any atom is -0.467 e. The molecule has 0 saturated carbocycles. The lowest BCUT2D eigenvalue weighted by atomic mass is 10.2. The normalized spacial score (nSPS) is 16.1. The number of benzene rings is 1. The lowest BCUT2D eigenvalue weighted by molar-refractivity contribution is -0.132. The Morgan fingerprint density at radius 2 is 1.93 bits per heavy atom. The fraction of sp³-hybridized carbons (Fsp3) is 0.409. The largest absolute Gasteiger partial charge is 0.467 e. The Morgan fingerprint density at radius 1 is 1.17 bits per heavy atom. The quantitative estimate of drug-likeness (QED) is 0.446. The molecule has 8 heteroatoms. The molecule has 3 aromatic rings. The molecule has 158 valence electrons. The number of furan rings is 1. The number of amides is 1. The Hall–Kier alpha value is -2.58. The summed E-state index contributed by atoms with van der Waals surface area (Å²) in [6.45, 7) is 8.59. The van der Waals surface area contributed by atoms with Crippen LogP contribution in [0.15, 0.2) is 57.0 Å². The molecule has 3 heterocycles. The fourth-order valence-corrected chi connectivity index (χ4v) is 4.68. The van der Waals surface area contributed by atoms with Crippen LogP contribution in [0.25, 0.3) is 10.9 Å². The standard InChI is InChI=1S/C22H26N4O3S/c1-3-24-10-12-25(13-11-24)20(27)16(2)30-22-23-19-9-5-4-8-18(19)21(28)26(22)15-17-7-6-14-29-17/h4-9,14,16H,3,10-13,15H2,1-2H3. The smallest absolute Gasteiger partial charge is 0.262 e. The van der Waals surface area contributed by atoms with Gasteiger partial charge in [0.05, 0.1) is 29.0 Å². The monoisotopic (exact) mass is 426 g/mol. The van der Waals surface area contributed by atoms with Gasteiger partial charge in [0.2, 0.25) is 5.91 Å². The minimum atomic E-state index is -0.339. The first-order valence-corrected chi connectivity index (χ1v) is 11.1. The van der Waals surface area contributed by atoms with E-state index in [1.54, 1.807) is 23.0 Å². The molecule has 1 saturated heterocycles. The van der Waals surface area contributed by atoms with E-state index in [-0.39, 0.29) is 23.3 Å². The fourth-order valence-electron chi connectivity index (χ4n) is 3.69. The van der Waals surface area contributed by atoms with Gasteiger partial charge in [0.25, 0.3) is 5.56 Å². The number of hydrogen-bond acceptors (Lipinski definition) is 6. The number of piperazine rings is 1. The molecule has 2 aromatic heterocycles. The maximum atomic E-state index is 13.2. The van der Waals surface area contributed by atoms with Crippen molar-refractivity contribution in [2.45, 2.75) is 30.8 Å². The highest BCUT2D eigenvalue weighted by Gasteiger charge is 2.26. The number of para-hydroxylation sites is 1. The van der Waals surface area contributed by atoms with Gasteiger partial charge in [-0.05, 0) is 37.7 Å². The second-order valence-corrected chi connectivity index (χ2v) is 8.71. The van der Waals surface area contributed by atoms with Gasteiger partial charge >= 0.3 is 0 Å². The SMILES string of the molecule is CCN1CCN(C(=O)C(C)Sc2nc3ccccc3c(=O)n2Cc2ccco2)CC1. The third kappa shape index (κ3) is 4.29. The summed E-state index contributed by atoms with van der Waals surface area (Å²) in [6.07, 6.45) is 1.59. The summed E-state index contributed by atoms with van der Waals surface area (Å²) in [7, 11) is 0. The molecule has 0 radical (unpaired) electrons. The summed E-state index contributed by atoms with van der Waals surface area (Å²) in [5, 5.41) is 0.750. The number of thioether (sulfide) groups is 1. The van der Waals surface area contributed by atoms with Crippen LogP contribution in [0, 0.1) is 0 Å². The summed E-state index contributed by atoms with van der Waals surface area (Å²) in [5.41, 5.74) is 0.507. The molecule has 30 heavy (non-hydrogen) atoms. The molecule has 0 spiro atoms. The van der Waals surface area contributed by atoms with Crippen molar-refractivity contribution in [3.63, 3.8) is 0 Å². The molecule has 1 atom stereocenters. The average molecular weight is 427 g/mol. The van der Waals surface area contributed by atoms with Crippen molar-refractivity contribution in [1.82, 2.24) is 19.4 Å². The third-order valence-electron chi connectivity index (χ3n) is 5.48. The van der Waals surface area contributed by atoms with Crippen molar-refractivity contribution in [1.29, 1.82) is 0 Å². The van der Waals surface area contributed by atoms with Gasteiger partial charge in [-0.25, -0.2) is 4.98 Å². The second kappa shape index (κ2) is 9.06. The molecule has 1 aromatic carbocycles. The van der Waals surface area contributed by atoms with Gasteiger partial charge in [0.1, 0.15) is 5.76 Å². The van der Waals surface area contributed by atoms with Crippen LogP contribution < -0.4 is 5.56 Å². The molecule has 7 nitrogen and oxygen atoms in total. The van der Waals surface area contributed by atoms with Crippen LogP contribution in [-0.4, -0.2) is 63.2 Å². The predicted octanol–water partition coefficient (Wildman–Crippen LogP) is 2.68. The van der Waals surface area contributed by atoms with Gasteiger partial charge in [0.15, 0.2) is 5.16 Å². The van der Waals surface area contributed by atoms with Gasteiger partial charge in [-0.2, -0.15) is 0 Å². The predicted molar refractivity (Wildman–Crippen MR) is 118 cm³/mol. The molecule has 1 aliphatic rings. The van der Waals surface area contributed by atoms with Gasteiger partial charge in [-0.1, -0.05) is 30.8 Å². The summed E-state index contributed by atoms with van der Waals surface area (Å²) in [5.74, 6) is 0.758. The van der Waals surface area contributed by atoms with Crippen molar-refractivity contribution >= 4 is 28.6 Å². The van der Waals surface area contributed by atoms with Gasteiger partial charge in [-0.15, -0.1) is 0 Å². The minimum absolute atomic E-state index is 0.0858. The number of carbonyl (C=O) groups is 1. The number of aromatic nitrogens is 2. The zero-order chi connectivity index (χ0) is 21.1. The van der Waals surface area contributed by atoms with E-state index in [9.17, 15) is 9.59 Å². The second-order valence-electron chi connectivity index (χ2n) is 7.40. The Kier molecular flexibility index (Phi) is 6.24. The van der Waals surface area contributed by atoms with E-state index in [0.29, 0.717) is 21.8 Å². The van der Waals surface area contributed by atoms with Gasteiger partial charge < -0.3 is 14.2 Å². The van der Waals surface area contributed by atoms with Crippen molar-refractivity contribution in [2.24, 2.45) is 0 Å². The first-order valence-electron chi connectivity index (χ1n) is 10.3. The molecule has 0 bridgehead atoms. The lowest BCUT2D eigenvalue weighted by Gasteiger charge is -2.35. The van der Waals surface area contributed by atoms with Crippen molar-refractivity contribution in [3.8, 4) is 0 Å². The maximum Gasteiger partial charge on any atom is 0.262 e. The van der Waals surface area contributed by atoms with Gasteiger partial charge in [-0.3, -0.25) is 14.2 Å². The number of hydrogen-bond donors (Lipinski definition) is 0. The van der Waals surface area contributed by atoms with E-state index in [0.717, 1.165) is 32.7 Å². The first-order chi connectivity index (χ1) is 14.6. The van der Waals surface area contributed by atoms with Crippen LogP contribution in [0.2, 0.25) is 0 Å².